The van der Waals surface area contributed by atoms with Gasteiger partial charge < -0.3 is 21.1 Å². The summed E-state index contributed by atoms with van der Waals surface area (Å²) >= 11 is 6.34. The molecule has 0 radical (unpaired) electrons. The molecule has 0 bridgehead atoms. The molecule has 13 heteroatoms. The Labute approximate surface area is 231 Å². The van der Waals surface area contributed by atoms with Crippen molar-refractivity contribution >= 4 is 29.1 Å². The third kappa shape index (κ3) is 7.64. The van der Waals surface area contributed by atoms with Crippen LogP contribution in [0.1, 0.15) is 43.1 Å². The fourth-order valence-corrected chi connectivity index (χ4v) is 5.65. The van der Waals surface area contributed by atoms with Gasteiger partial charge in [0.25, 0.3) is 5.91 Å². The third-order valence-corrected chi connectivity index (χ3v) is 7.69. The van der Waals surface area contributed by atoms with Crippen LogP contribution in [0.2, 0.25) is 5.15 Å². The number of aromatic nitrogens is 2. The molecule has 0 saturated carbocycles. The van der Waals surface area contributed by atoms with E-state index in [4.69, 9.17) is 17.3 Å². The maximum atomic E-state index is 12.5. The number of piperidine rings is 1. The quantitative estimate of drug-likeness (QED) is 0.456. The molecule has 0 spiro atoms. The van der Waals surface area contributed by atoms with E-state index < -0.39 is 24.3 Å². The van der Waals surface area contributed by atoms with Crippen molar-refractivity contribution in [3.63, 3.8) is 0 Å². The van der Waals surface area contributed by atoms with Crippen LogP contribution < -0.4 is 16.0 Å². The number of nitrogens with one attached hydrogen (secondary N) is 1. The zero-order valence-corrected chi connectivity index (χ0v) is 22.7. The highest BCUT2D eigenvalue weighted by atomic mass is 35.5. The highest BCUT2D eigenvalue weighted by Crippen LogP contribution is 2.30. The number of halogens is 4. The SMILES string of the molecule is CCC1CN(c2nc(N)c(C(=O)NCC(F)(F)F)nc2Cl)CCN1C1CCN(CC2=CCC=C(O)C=C2)CC1. The van der Waals surface area contributed by atoms with Crippen LogP contribution in [-0.2, 0) is 0 Å². The van der Waals surface area contributed by atoms with E-state index in [2.05, 4.69) is 32.8 Å². The Kier molecular flexibility index (Phi) is 9.39. The number of likely N-dealkylation sites (tertiary alicyclic amines) is 1. The average molecular weight is 570 g/mol. The Bertz CT molecular complexity index is 1130. The topological polar surface area (TPSA) is 111 Å². The van der Waals surface area contributed by atoms with Crippen LogP contribution in [0.4, 0.5) is 24.8 Å². The lowest BCUT2D eigenvalue weighted by Crippen LogP contribution is -2.58. The van der Waals surface area contributed by atoms with Crippen molar-refractivity contribution in [1.82, 2.24) is 25.1 Å². The number of carbonyl (C=O) groups excluding carboxylic acids is 1. The number of carbonyl (C=O) groups is 1. The van der Waals surface area contributed by atoms with Crippen LogP contribution in [0.5, 0.6) is 0 Å². The van der Waals surface area contributed by atoms with Gasteiger partial charge in [-0.15, -0.1) is 0 Å². The minimum absolute atomic E-state index is 0.0663. The number of rotatable bonds is 7. The van der Waals surface area contributed by atoms with Gasteiger partial charge >= 0.3 is 6.18 Å². The Morgan fingerprint density at radius 3 is 2.62 bits per heavy atom. The molecule has 3 heterocycles. The first-order chi connectivity index (χ1) is 18.5. The Balaban J connectivity index is 1.34. The lowest BCUT2D eigenvalue weighted by Gasteiger charge is -2.47. The number of nitrogens with zero attached hydrogens (tertiary/aromatic N) is 5. The van der Waals surface area contributed by atoms with Crippen LogP contribution >= 0.6 is 11.6 Å². The van der Waals surface area contributed by atoms with Gasteiger partial charge in [0, 0.05) is 38.3 Å². The number of nitrogen functional groups attached to an aromatic ring is 1. The monoisotopic (exact) mass is 569 g/mol. The molecule has 3 aliphatic rings. The Morgan fingerprint density at radius 1 is 1.18 bits per heavy atom. The fourth-order valence-electron chi connectivity index (χ4n) is 5.40. The summed E-state index contributed by atoms with van der Waals surface area (Å²) in [5, 5.41) is 11.4. The minimum Gasteiger partial charge on any atom is -0.508 e. The van der Waals surface area contributed by atoms with E-state index >= 15 is 0 Å². The van der Waals surface area contributed by atoms with Crippen LogP contribution in [0.25, 0.3) is 0 Å². The number of hydrogen-bond acceptors (Lipinski definition) is 8. The molecule has 0 aromatic carbocycles. The number of alkyl halides is 3. The fraction of sp³-hybridized carbons (Fsp3) is 0.577. The number of allylic oxidation sites excluding steroid dienone is 3. The molecule has 2 aliphatic heterocycles. The van der Waals surface area contributed by atoms with Crippen molar-refractivity contribution in [2.24, 2.45) is 0 Å². The molecule has 4 rings (SSSR count). The molecule has 1 aromatic rings. The van der Waals surface area contributed by atoms with E-state index in [1.807, 2.05) is 11.0 Å². The highest BCUT2D eigenvalue weighted by Gasteiger charge is 2.35. The number of piperazine rings is 1. The van der Waals surface area contributed by atoms with Gasteiger partial charge in [0.2, 0.25) is 0 Å². The van der Waals surface area contributed by atoms with Gasteiger partial charge in [0.1, 0.15) is 12.3 Å². The molecule has 9 nitrogen and oxygen atoms in total. The molecule has 4 N–H and O–H groups in total. The number of aliphatic hydroxyl groups excluding tert-OH is 1. The molecular formula is C26H35ClF3N7O2. The molecule has 1 aliphatic carbocycles. The summed E-state index contributed by atoms with van der Waals surface area (Å²) in [5.74, 6) is -0.696. The number of amides is 1. The van der Waals surface area contributed by atoms with Gasteiger partial charge in [-0.05, 0) is 56.5 Å². The maximum Gasteiger partial charge on any atom is 0.405 e. The first-order valence-electron chi connectivity index (χ1n) is 13.2. The van der Waals surface area contributed by atoms with E-state index in [0.29, 0.717) is 30.7 Å². The lowest BCUT2D eigenvalue weighted by atomic mass is 9.97. The molecule has 1 amide bonds. The normalized spacial score (nSPS) is 21.9. The Morgan fingerprint density at radius 2 is 1.92 bits per heavy atom. The molecule has 2 saturated heterocycles. The first kappa shape index (κ1) is 29.2. The van der Waals surface area contributed by atoms with Crippen molar-refractivity contribution in [3.05, 3.63) is 46.5 Å². The van der Waals surface area contributed by atoms with Crippen molar-refractivity contribution in [2.45, 2.75) is 50.9 Å². The molecule has 2 fully saturated rings. The van der Waals surface area contributed by atoms with Crippen molar-refractivity contribution in [1.29, 1.82) is 0 Å². The molecule has 39 heavy (non-hydrogen) atoms. The van der Waals surface area contributed by atoms with Crippen LogP contribution in [0, 0.1) is 0 Å². The number of hydrogen-bond donors (Lipinski definition) is 3. The second-order valence-corrected chi connectivity index (χ2v) is 10.5. The van der Waals surface area contributed by atoms with Gasteiger partial charge in [-0.1, -0.05) is 30.7 Å². The molecule has 1 unspecified atom stereocenters. The average Bonchev–Trinajstić information content (AvgIpc) is 3.11. The van der Waals surface area contributed by atoms with E-state index in [1.165, 1.54) is 5.57 Å². The lowest BCUT2D eigenvalue weighted by molar-refractivity contribution is -0.123. The van der Waals surface area contributed by atoms with Crippen molar-refractivity contribution in [3.8, 4) is 0 Å². The predicted octanol–water partition coefficient (Wildman–Crippen LogP) is 3.70. The number of nitrogens with two attached hydrogens (primary N) is 1. The number of aliphatic hydroxyl groups is 1. The maximum absolute atomic E-state index is 12.5. The zero-order chi connectivity index (χ0) is 28.2. The summed E-state index contributed by atoms with van der Waals surface area (Å²) < 4.78 is 37.4. The van der Waals surface area contributed by atoms with Crippen LogP contribution in [0.15, 0.2) is 35.6 Å². The summed E-state index contributed by atoms with van der Waals surface area (Å²) in [5.41, 5.74) is 6.70. The largest absolute Gasteiger partial charge is 0.508 e. The summed E-state index contributed by atoms with van der Waals surface area (Å²) in [7, 11) is 0. The van der Waals surface area contributed by atoms with E-state index in [-0.39, 0.29) is 17.0 Å². The second kappa shape index (κ2) is 12.6. The molecule has 214 valence electrons. The van der Waals surface area contributed by atoms with Gasteiger partial charge in [-0.25, -0.2) is 9.97 Å². The number of anilines is 2. The van der Waals surface area contributed by atoms with E-state index in [0.717, 1.165) is 51.9 Å². The second-order valence-electron chi connectivity index (χ2n) is 10.1. The minimum atomic E-state index is -4.56. The van der Waals surface area contributed by atoms with Crippen molar-refractivity contribution in [2.75, 3.05) is 56.4 Å². The summed E-state index contributed by atoms with van der Waals surface area (Å²) in [6, 6.07) is 0.717. The molecular weight excluding hydrogens is 535 g/mol. The standard InChI is InChI=1S/C26H35ClF3N7O2/c1-2-18-15-36(24-22(27)33-21(23(31)34-24)25(39)32-16-26(28,29)30)12-13-37(18)19-8-10-35(11-9-19)14-17-4-3-5-20(38)7-6-17/h4-7,18-19,38H,2-3,8-16H2,1H3,(H2,31,34)(H,32,39). The summed E-state index contributed by atoms with van der Waals surface area (Å²) in [6.45, 7) is 5.60. The highest BCUT2D eigenvalue weighted by molar-refractivity contribution is 6.32. The smallest absolute Gasteiger partial charge is 0.405 e. The predicted molar refractivity (Wildman–Crippen MR) is 145 cm³/mol. The third-order valence-electron chi connectivity index (χ3n) is 7.43. The van der Waals surface area contributed by atoms with Gasteiger partial charge in [-0.2, -0.15) is 13.2 Å². The summed E-state index contributed by atoms with van der Waals surface area (Å²) in [6.07, 6.45) is 6.91. The van der Waals surface area contributed by atoms with Crippen LogP contribution in [-0.4, -0.2) is 94.9 Å². The zero-order valence-electron chi connectivity index (χ0n) is 21.9. The molecule has 1 atom stereocenters. The summed E-state index contributed by atoms with van der Waals surface area (Å²) in [4.78, 5) is 27.4. The van der Waals surface area contributed by atoms with Crippen LogP contribution in [0.3, 0.4) is 0 Å². The van der Waals surface area contributed by atoms with E-state index in [9.17, 15) is 23.1 Å². The molecule has 1 aromatic heterocycles. The van der Waals surface area contributed by atoms with Gasteiger partial charge in [0.15, 0.2) is 22.5 Å². The van der Waals surface area contributed by atoms with Gasteiger partial charge in [-0.3, -0.25) is 14.6 Å². The van der Waals surface area contributed by atoms with Gasteiger partial charge in [0.05, 0.1) is 0 Å². The Hall–Kier alpha value is -2.83. The first-order valence-corrected chi connectivity index (χ1v) is 13.6. The van der Waals surface area contributed by atoms with Crippen molar-refractivity contribution < 1.29 is 23.1 Å². The van der Waals surface area contributed by atoms with E-state index in [1.54, 1.807) is 17.5 Å².